The Morgan fingerprint density at radius 1 is 1.03 bits per heavy atom. The smallest absolute Gasteiger partial charge is 0.294 e. The number of aliphatic hydroxyl groups is 2. The van der Waals surface area contributed by atoms with Gasteiger partial charge in [-0.3, -0.25) is 14.5 Å². The van der Waals surface area contributed by atoms with Gasteiger partial charge in [-0.25, -0.2) is 0 Å². The van der Waals surface area contributed by atoms with E-state index in [1.54, 1.807) is 47.4 Å². The van der Waals surface area contributed by atoms with Gasteiger partial charge in [0.15, 0.2) is 11.5 Å². The molecular formula is C28H30N2O5. The molecule has 0 saturated heterocycles. The van der Waals surface area contributed by atoms with Crippen LogP contribution in [0.15, 0.2) is 76.7 Å². The van der Waals surface area contributed by atoms with Gasteiger partial charge in [0.2, 0.25) is 0 Å². The van der Waals surface area contributed by atoms with Crippen LogP contribution in [0.2, 0.25) is 0 Å². The van der Waals surface area contributed by atoms with Crippen LogP contribution in [0, 0.1) is 5.92 Å². The minimum Gasteiger partial charge on any atom is -0.503 e. The fourth-order valence-electron chi connectivity index (χ4n) is 4.86. The van der Waals surface area contributed by atoms with E-state index in [0.717, 1.165) is 31.2 Å². The summed E-state index contributed by atoms with van der Waals surface area (Å²) in [5, 5.41) is 24.3. The van der Waals surface area contributed by atoms with Crippen molar-refractivity contribution in [2.75, 3.05) is 4.90 Å². The first-order chi connectivity index (χ1) is 17.0. The topological polar surface area (TPSA) is 104 Å². The van der Waals surface area contributed by atoms with Crippen LogP contribution >= 0.6 is 0 Å². The Balaban J connectivity index is 1.76. The van der Waals surface area contributed by atoms with Gasteiger partial charge in [0.05, 0.1) is 18.2 Å². The van der Waals surface area contributed by atoms with E-state index in [9.17, 15) is 19.8 Å². The monoisotopic (exact) mass is 474 g/mol. The molecule has 182 valence electrons. The molecule has 4 rings (SSSR count). The molecule has 1 aliphatic heterocycles. The lowest BCUT2D eigenvalue weighted by Gasteiger charge is -2.33. The average Bonchev–Trinajstić information content (AvgIpc) is 3.51. The Bertz CT molecular complexity index is 1190. The van der Waals surface area contributed by atoms with Crippen LogP contribution in [0.5, 0.6) is 0 Å². The number of rotatable bonds is 10. The van der Waals surface area contributed by atoms with Crippen LogP contribution in [-0.2, 0) is 11.4 Å². The summed E-state index contributed by atoms with van der Waals surface area (Å²) in [7, 11) is 0. The molecule has 1 aromatic heterocycles. The SMILES string of the molecule is CCCC(CCC)C1C(C(=O)c2ccc(CO)cc2)=C(O)C(=O)N1c1ccc(-c2ccon2)cc1. The van der Waals surface area contributed by atoms with Crippen molar-refractivity contribution in [2.45, 2.75) is 52.2 Å². The molecule has 7 nitrogen and oxygen atoms in total. The van der Waals surface area contributed by atoms with Gasteiger partial charge in [-0.1, -0.05) is 68.2 Å². The molecule has 1 amide bonds. The Labute approximate surface area is 204 Å². The van der Waals surface area contributed by atoms with E-state index < -0.39 is 17.7 Å². The number of carbonyl (C=O) groups excluding carboxylic acids is 2. The normalized spacial score (nSPS) is 15.9. The van der Waals surface area contributed by atoms with Crippen molar-refractivity contribution in [3.63, 3.8) is 0 Å². The molecule has 0 spiro atoms. The fraction of sp³-hybridized carbons (Fsp3) is 0.321. The van der Waals surface area contributed by atoms with E-state index in [1.807, 2.05) is 12.1 Å². The van der Waals surface area contributed by atoms with Crippen molar-refractivity contribution in [1.82, 2.24) is 5.16 Å². The number of nitrogens with zero attached hydrogens (tertiary/aromatic N) is 2. The van der Waals surface area contributed by atoms with E-state index in [2.05, 4.69) is 19.0 Å². The zero-order valence-electron chi connectivity index (χ0n) is 20.0. The van der Waals surface area contributed by atoms with Crippen LogP contribution in [0.1, 0.15) is 55.5 Å². The van der Waals surface area contributed by atoms with Gasteiger partial charge >= 0.3 is 0 Å². The maximum absolute atomic E-state index is 13.6. The van der Waals surface area contributed by atoms with Gasteiger partial charge < -0.3 is 14.7 Å². The van der Waals surface area contributed by atoms with Crippen LogP contribution in [0.4, 0.5) is 5.69 Å². The summed E-state index contributed by atoms with van der Waals surface area (Å²) >= 11 is 0. The number of anilines is 1. The third-order valence-electron chi connectivity index (χ3n) is 6.54. The zero-order valence-corrected chi connectivity index (χ0v) is 20.0. The second kappa shape index (κ2) is 10.7. The van der Waals surface area contributed by atoms with Crippen LogP contribution < -0.4 is 4.90 Å². The van der Waals surface area contributed by atoms with E-state index in [0.29, 0.717) is 22.5 Å². The number of hydrogen-bond acceptors (Lipinski definition) is 6. The number of benzene rings is 2. The highest BCUT2D eigenvalue weighted by Crippen LogP contribution is 2.39. The number of Topliss-reactive ketones (excluding diaryl/α,β-unsaturated/α-hetero) is 1. The largest absolute Gasteiger partial charge is 0.503 e. The maximum atomic E-state index is 13.6. The van der Waals surface area contributed by atoms with Crippen LogP contribution in [-0.4, -0.2) is 33.1 Å². The minimum atomic E-state index is -0.578. The van der Waals surface area contributed by atoms with E-state index in [4.69, 9.17) is 4.52 Å². The first-order valence-corrected chi connectivity index (χ1v) is 12.0. The second-order valence-electron chi connectivity index (χ2n) is 8.84. The van der Waals surface area contributed by atoms with Crippen LogP contribution in [0.25, 0.3) is 11.3 Å². The van der Waals surface area contributed by atoms with E-state index in [-0.39, 0.29) is 23.9 Å². The first kappa shape index (κ1) is 24.4. The molecule has 1 unspecified atom stereocenters. The second-order valence-corrected chi connectivity index (χ2v) is 8.84. The summed E-state index contributed by atoms with van der Waals surface area (Å²) in [5.74, 6) is -1.44. The number of amides is 1. The third kappa shape index (κ3) is 4.77. The first-order valence-electron chi connectivity index (χ1n) is 12.0. The number of hydrogen-bond donors (Lipinski definition) is 2. The van der Waals surface area contributed by atoms with Crippen molar-refractivity contribution < 1.29 is 24.3 Å². The molecule has 7 heteroatoms. The lowest BCUT2D eigenvalue weighted by molar-refractivity contribution is -0.117. The van der Waals surface area contributed by atoms with E-state index >= 15 is 0 Å². The van der Waals surface area contributed by atoms with Gasteiger partial charge in [0.25, 0.3) is 5.91 Å². The molecular weight excluding hydrogens is 444 g/mol. The molecule has 0 bridgehead atoms. The highest BCUT2D eigenvalue weighted by molar-refractivity contribution is 6.20. The predicted molar refractivity (Wildman–Crippen MR) is 133 cm³/mol. The van der Waals surface area contributed by atoms with Gasteiger partial charge in [0.1, 0.15) is 12.0 Å². The molecule has 2 N–H and O–H groups in total. The molecule has 35 heavy (non-hydrogen) atoms. The standard InChI is InChI=1S/C28H30N2O5/c1-3-5-20(6-4-2)25-24(26(32)21-9-7-18(17-31)8-10-21)27(33)28(34)30(25)22-13-11-19(12-14-22)23-15-16-35-29-23/h7-16,20,25,31,33H,3-6,17H2,1-2H3. The lowest BCUT2D eigenvalue weighted by atomic mass is 9.83. The molecule has 0 saturated carbocycles. The molecule has 0 radical (unpaired) electrons. The number of aromatic nitrogens is 1. The summed E-state index contributed by atoms with van der Waals surface area (Å²) in [5.41, 5.74) is 3.31. The van der Waals surface area contributed by atoms with Gasteiger partial charge in [0, 0.05) is 22.9 Å². The molecule has 0 aliphatic carbocycles. The number of ketones is 1. The van der Waals surface area contributed by atoms with Gasteiger partial charge in [-0.05, 0) is 36.5 Å². The highest BCUT2D eigenvalue weighted by atomic mass is 16.5. The maximum Gasteiger partial charge on any atom is 0.294 e. The zero-order chi connectivity index (χ0) is 24.9. The predicted octanol–water partition coefficient (Wildman–Crippen LogP) is 5.46. The Kier molecular flexibility index (Phi) is 7.46. The van der Waals surface area contributed by atoms with E-state index in [1.165, 1.54) is 6.26 Å². The van der Waals surface area contributed by atoms with Gasteiger partial charge in [-0.2, -0.15) is 0 Å². The summed E-state index contributed by atoms with van der Waals surface area (Å²) < 4.78 is 4.92. The average molecular weight is 475 g/mol. The quantitative estimate of drug-likeness (QED) is 0.378. The van der Waals surface area contributed by atoms with Crippen molar-refractivity contribution >= 4 is 17.4 Å². The Morgan fingerprint density at radius 2 is 1.69 bits per heavy atom. The summed E-state index contributed by atoms with van der Waals surface area (Å²) in [6, 6.07) is 15.1. The van der Waals surface area contributed by atoms with Crippen LogP contribution in [0.3, 0.4) is 0 Å². The van der Waals surface area contributed by atoms with Crippen molar-refractivity contribution in [1.29, 1.82) is 0 Å². The summed E-state index contributed by atoms with van der Waals surface area (Å²) in [6.45, 7) is 4.03. The molecule has 2 heterocycles. The fourth-order valence-corrected chi connectivity index (χ4v) is 4.86. The lowest BCUT2D eigenvalue weighted by Crippen LogP contribution is -2.42. The van der Waals surface area contributed by atoms with Crippen molar-refractivity contribution in [3.8, 4) is 11.3 Å². The number of carbonyl (C=O) groups is 2. The summed E-state index contributed by atoms with van der Waals surface area (Å²) in [6.07, 6.45) is 4.90. The van der Waals surface area contributed by atoms with Crippen molar-refractivity contribution in [2.24, 2.45) is 5.92 Å². The molecule has 3 aromatic rings. The third-order valence-corrected chi connectivity index (χ3v) is 6.54. The highest BCUT2D eigenvalue weighted by Gasteiger charge is 2.46. The Morgan fingerprint density at radius 3 is 2.23 bits per heavy atom. The van der Waals surface area contributed by atoms with Crippen molar-refractivity contribution in [3.05, 3.63) is 83.3 Å². The molecule has 1 atom stereocenters. The minimum absolute atomic E-state index is 0.00415. The van der Waals surface area contributed by atoms with Gasteiger partial charge in [-0.15, -0.1) is 0 Å². The Hall–Kier alpha value is -3.71. The summed E-state index contributed by atoms with van der Waals surface area (Å²) in [4.78, 5) is 28.6. The molecule has 0 fully saturated rings. The molecule has 2 aromatic carbocycles. The molecule has 1 aliphatic rings. The number of aliphatic hydroxyl groups excluding tert-OH is 2.